The summed E-state index contributed by atoms with van der Waals surface area (Å²) in [6, 6.07) is 3.68. The summed E-state index contributed by atoms with van der Waals surface area (Å²) >= 11 is 0. The number of likely N-dealkylation sites (tertiary alicyclic amines) is 1. The average Bonchev–Trinajstić information content (AvgIpc) is 3.39. The van der Waals surface area contributed by atoms with E-state index in [-0.39, 0.29) is 24.6 Å². The second-order valence-electron chi connectivity index (χ2n) is 6.89. The zero-order valence-electron chi connectivity index (χ0n) is 14.0. The van der Waals surface area contributed by atoms with E-state index >= 15 is 0 Å². The summed E-state index contributed by atoms with van der Waals surface area (Å²) in [5.74, 6) is 0.770. The standard InChI is InChI=1S/C18H25FN2O3/c1-12-3-2-8-21(16(12)10-22)18(23)20-15-7-6-14(19)9-17(15)24-11-13-4-5-13/h6-7,9,12-13,16,22H,2-5,8,10-11H2,1H3,(H,20,23). The van der Waals surface area contributed by atoms with E-state index < -0.39 is 5.82 Å². The number of carbonyl (C=O) groups excluding carboxylic acids is 1. The molecule has 3 rings (SSSR count). The topological polar surface area (TPSA) is 61.8 Å². The summed E-state index contributed by atoms with van der Waals surface area (Å²) in [4.78, 5) is 14.3. The number of aliphatic hydroxyl groups excluding tert-OH is 1. The van der Waals surface area contributed by atoms with Crippen LogP contribution in [0.5, 0.6) is 5.75 Å². The monoisotopic (exact) mass is 336 g/mol. The fraction of sp³-hybridized carbons (Fsp3) is 0.611. The van der Waals surface area contributed by atoms with Gasteiger partial charge in [0.15, 0.2) is 0 Å². The highest BCUT2D eigenvalue weighted by molar-refractivity contribution is 5.91. The van der Waals surface area contributed by atoms with Crippen LogP contribution in [0.1, 0.15) is 32.6 Å². The largest absolute Gasteiger partial charge is 0.491 e. The molecule has 24 heavy (non-hydrogen) atoms. The highest BCUT2D eigenvalue weighted by Gasteiger charge is 2.31. The Bertz CT molecular complexity index is 592. The number of amides is 2. The van der Waals surface area contributed by atoms with Gasteiger partial charge in [-0.3, -0.25) is 0 Å². The quantitative estimate of drug-likeness (QED) is 0.868. The Labute approximate surface area is 141 Å². The lowest BCUT2D eigenvalue weighted by Crippen LogP contribution is -2.51. The zero-order valence-corrected chi connectivity index (χ0v) is 14.0. The Morgan fingerprint density at radius 3 is 2.92 bits per heavy atom. The average molecular weight is 336 g/mol. The molecule has 1 heterocycles. The maximum absolute atomic E-state index is 13.5. The van der Waals surface area contributed by atoms with Crippen molar-refractivity contribution in [2.75, 3.05) is 25.1 Å². The van der Waals surface area contributed by atoms with Crippen LogP contribution in [0.3, 0.4) is 0 Å². The first kappa shape index (κ1) is 17.0. The van der Waals surface area contributed by atoms with Crippen LogP contribution in [0.2, 0.25) is 0 Å². The minimum Gasteiger partial charge on any atom is -0.491 e. The van der Waals surface area contributed by atoms with Crippen LogP contribution in [0.25, 0.3) is 0 Å². The van der Waals surface area contributed by atoms with Gasteiger partial charge in [-0.25, -0.2) is 9.18 Å². The predicted molar refractivity (Wildman–Crippen MR) is 89.6 cm³/mol. The molecule has 1 aromatic carbocycles. The SMILES string of the molecule is CC1CCCN(C(=O)Nc2ccc(F)cc2OCC2CC2)C1CO. The van der Waals surface area contributed by atoms with Crippen molar-refractivity contribution < 1.29 is 19.0 Å². The fourth-order valence-electron chi connectivity index (χ4n) is 3.18. The molecule has 2 amide bonds. The maximum Gasteiger partial charge on any atom is 0.322 e. The number of aliphatic hydroxyl groups is 1. The number of benzene rings is 1. The molecule has 6 heteroatoms. The summed E-state index contributed by atoms with van der Waals surface area (Å²) in [6.45, 7) is 3.15. The maximum atomic E-state index is 13.5. The van der Waals surface area contributed by atoms with Crippen LogP contribution in [-0.4, -0.2) is 41.8 Å². The molecule has 132 valence electrons. The second kappa shape index (κ2) is 7.38. The third-order valence-electron chi connectivity index (χ3n) is 4.92. The summed E-state index contributed by atoms with van der Waals surface area (Å²) < 4.78 is 19.2. The van der Waals surface area contributed by atoms with Gasteiger partial charge < -0.3 is 20.1 Å². The van der Waals surface area contributed by atoms with Crippen molar-refractivity contribution in [2.45, 2.75) is 38.6 Å². The van der Waals surface area contributed by atoms with E-state index in [2.05, 4.69) is 5.32 Å². The van der Waals surface area contributed by atoms with Crippen molar-refractivity contribution in [1.29, 1.82) is 0 Å². The first-order chi connectivity index (χ1) is 11.6. The third-order valence-corrected chi connectivity index (χ3v) is 4.92. The van der Waals surface area contributed by atoms with E-state index in [1.54, 1.807) is 4.90 Å². The van der Waals surface area contributed by atoms with Gasteiger partial charge in [0.2, 0.25) is 0 Å². The summed E-state index contributed by atoms with van der Waals surface area (Å²) in [6.07, 6.45) is 4.20. The minimum absolute atomic E-state index is 0.0525. The van der Waals surface area contributed by atoms with Gasteiger partial charge in [-0.15, -0.1) is 0 Å². The highest BCUT2D eigenvalue weighted by Crippen LogP contribution is 2.32. The van der Waals surface area contributed by atoms with Crippen molar-refractivity contribution in [3.8, 4) is 5.75 Å². The van der Waals surface area contributed by atoms with Gasteiger partial charge in [-0.2, -0.15) is 0 Å². The van der Waals surface area contributed by atoms with Crippen LogP contribution < -0.4 is 10.1 Å². The minimum atomic E-state index is -0.390. The molecule has 2 aliphatic rings. The lowest BCUT2D eigenvalue weighted by atomic mass is 9.91. The molecule has 5 nitrogen and oxygen atoms in total. The lowest BCUT2D eigenvalue weighted by Gasteiger charge is -2.38. The number of hydrogen-bond donors (Lipinski definition) is 2. The summed E-state index contributed by atoms with van der Waals surface area (Å²) in [7, 11) is 0. The van der Waals surface area contributed by atoms with Crippen molar-refractivity contribution in [2.24, 2.45) is 11.8 Å². The molecule has 0 aromatic heterocycles. The molecule has 1 saturated heterocycles. The Morgan fingerprint density at radius 1 is 1.42 bits per heavy atom. The van der Waals surface area contributed by atoms with E-state index in [4.69, 9.17) is 4.74 Å². The fourth-order valence-corrected chi connectivity index (χ4v) is 3.18. The number of rotatable bonds is 5. The van der Waals surface area contributed by atoms with Crippen molar-refractivity contribution in [3.63, 3.8) is 0 Å². The number of nitrogens with one attached hydrogen (secondary N) is 1. The van der Waals surface area contributed by atoms with E-state index in [1.165, 1.54) is 18.2 Å². The van der Waals surface area contributed by atoms with Crippen molar-refractivity contribution in [3.05, 3.63) is 24.0 Å². The van der Waals surface area contributed by atoms with Crippen molar-refractivity contribution >= 4 is 11.7 Å². The molecule has 2 fully saturated rings. The van der Waals surface area contributed by atoms with Gasteiger partial charge in [-0.1, -0.05) is 6.92 Å². The van der Waals surface area contributed by atoms with Gasteiger partial charge in [0, 0.05) is 12.6 Å². The number of piperidine rings is 1. The van der Waals surface area contributed by atoms with Gasteiger partial charge in [0.25, 0.3) is 0 Å². The number of nitrogens with zero attached hydrogens (tertiary/aromatic N) is 1. The number of halogens is 1. The molecule has 0 bridgehead atoms. The third kappa shape index (κ3) is 3.98. The number of hydrogen-bond acceptors (Lipinski definition) is 3. The van der Waals surface area contributed by atoms with Crippen LogP contribution in [0, 0.1) is 17.7 Å². The van der Waals surface area contributed by atoms with E-state index in [0.717, 1.165) is 25.7 Å². The molecule has 2 N–H and O–H groups in total. The highest BCUT2D eigenvalue weighted by atomic mass is 19.1. The summed E-state index contributed by atoms with van der Waals surface area (Å²) in [5.41, 5.74) is 0.469. The molecule has 2 unspecified atom stereocenters. The molecule has 0 spiro atoms. The first-order valence-electron chi connectivity index (χ1n) is 8.69. The van der Waals surface area contributed by atoms with Gasteiger partial charge in [0.1, 0.15) is 11.6 Å². The number of urea groups is 1. The van der Waals surface area contributed by atoms with Crippen LogP contribution in [0.4, 0.5) is 14.9 Å². The number of anilines is 1. The Hall–Kier alpha value is -1.82. The molecule has 2 atom stereocenters. The van der Waals surface area contributed by atoms with Crippen molar-refractivity contribution in [1.82, 2.24) is 4.90 Å². The second-order valence-corrected chi connectivity index (χ2v) is 6.89. The lowest BCUT2D eigenvalue weighted by molar-refractivity contribution is 0.0811. The normalized spacial score (nSPS) is 23.9. The first-order valence-corrected chi connectivity index (χ1v) is 8.69. The molecule has 1 aliphatic carbocycles. The van der Waals surface area contributed by atoms with Crippen LogP contribution >= 0.6 is 0 Å². The molecular weight excluding hydrogens is 311 g/mol. The Balaban J connectivity index is 1.70. The van der Waals surface area contributed by atoms with Gasteiger partial charge in [-0.05, 0) is 49.7 Å². The zero-order chi connectivity index (χ0) is 17.1. The molecule has 1 saturated carbocycles. The van der Waals surface area contributed by atoms with E-state index in [0.29, 0.717) is 30.5 Å². The molecular formula is C18H25FN2O3. The molecule has 1 aliphatic heterocycles. The molecule has 0 radical (unpaired) electrons. The Morgan fingerprint density at radius 2 is 2.21 bits per heavy atom. The smallest absolute Gasteiger partial charge is 0.322 e. The number of ether oxygens (including phenoxy) is 1. The van der Waals surface area contributed by atoms with E-state index in [1.807, 2.05) is 6.92 Å². The van der Waals surface area contributed by atoms with Gasteiger partial charge >= 0.3 is 6.03 Å². The summed E-state index contributed by atoms with van der Waals surface area (Å²) in [5, 5.41) is 12.4. The molecule has 1 aromatic rings. The van der Waals surface area contributed by atoms with Gasteiger partial charge in [0.05, 0.1) is 24.9 Å². The van der Waals surface area contributed by atoms with Crippen LogP contribution in [0.15, 0.2) is 18.2 Å². The van der Waals surface area contributed by atoms with Crippen LogP contribution in [-0.2, 0) is 0 Å². The number of carbonyl (C=O) groups is 1. The van der Waals surface area contributed by atoms with E-state index in [9.17, 15) is 14.3 Å². The predicted octanol–water partition coefficient (Wildman–Crippen LogP) is 3.24. The Kier molecular flexibility index (Phi) is 5.23.